The molecule has 0 aliphatic carbocycles. The molecule has 0 spiro atoms. The summed E-state index contributed by atoms with van der Waals surface area (Å²) in [4.78, 5) is 28.7. The normalized spacial score (nSPS) is 14.6. The maximum absolute atomic E-state index is 13.3. The number of hydrogen-bond acceptors (Lipinski definition) is 3. The fourth-order valence-electron chi connectivity index (χ4n) is 3.41. The molecule has 142 valence electrons. The maximum Gasteiger partial charge on any atom is 0.409 e. The number of nitrogens with zero attached hydrogens (tertiary/aromatic N) is 2. The summed E-state index contributed by atoms with van der Waals surface area (Å²) < 4.78 is 5.06. The Balaban J connectivity index is 1.71. The molecule has 0 radical (unpaired) electrons. The van der Waals surface area contributed by atoms with Gasteiger partial charge in [-0.1, -0.05) is 48.5 Å². The molecule has 0 saturated carbocycles. The van der Waals surface area contributed by atoms with E-state index in [2.05, 4.69) is 0 Å². The van der Waals surface area contributed by atoms with Gasteiger partial charge in [0, 0.05) is 24.7 Å². The second-order valence-electron chi connectivity index (χ2n) is 6.71. The van der Waals surface area contributed by atoms with Crippen LogP contribution in [0.25, 0.3) is 0 Å². The quantitative estimate of drug-likeness (QED) is 0.801. The largest absolute Gasteiger partial charge is 0.450 e. The van der Waals surface area contributed by atoms with Crippen molar-refractivity contribution in [2.75, 3.05) is 24.6 Å². The second kappa shape index (κ2) is 9.21. The number of amides is 2. The van der Waals surface area contributed by atoms with E-state index in [-0.39, 0.29) is 17.9 Å². The minimum absolute atomic E-state index is 0.0837. The molecule has 2 aromatic carbocycles. The Labute approximate surface area is 160 Å². The first kappa shape index (κ1) is 19.0. The fourth-order valence-corrected chi connectivity index (χ4v) is 3.41. The van der Waals surface area contributed by atoms with Crippen LogP contribution in [-0.4, -0.2) is 36.6 Å². The molecule has 0 unspecified atom stereocenters. The lowest BCUT2D eigenvalue weighted by Crippen LogP contribution is -2.44. The minimum atomic E-state index is -0.285. The minimum Gasteiger partial charge on any atom is -0.450 e. The number of hydrogen-bond donors (Lipinski definition) is 0. The van der Waals surface area contributed by atoms with Gasteiger partial charge < -0.3 is 14.5 Å². The molecule has 1 fully saturated rings. The Kier molecular flexibility index (Phi) is 6.47. The Bertz CT molecular complexity index is 741. The number of carbonyl (C=O) groups excluding carboxylic acids is 2. The van der Waals surface area contributed by atoms with Gasteiger partial charge in [0.2, 0.25) is 5.91 Å². The van der Waals surface area contributed by atoms with E-state index in [0.29, 0.717) is 39.1 Å². The zero-order valence-corrected chi connectivity index (χ0v) is 15.7. The molecule has 2 amide bonds. The lowest BCUT2D eigenvalue weighted by Gasteiger charge is -2.34. The Morgan fingerprint density at radius 2 is 1.59 bits per heavy atom. The molecule has 1 aliphatic rings. The van der Waals surface area contributed by atoms with Crippen molar-refractivity contribution in [1.82, 2.24) is 4.90 Å². The average molecular weight is 366 g/mol. The van der Waals surface area contributed by atoms with Crippen LogP contribution in [0.4, 0.5) is 10.5 Å². The highest BCUT2D eigenvalue weighted by Crippen LogP contribution is 2.25. The van der Waals surface area contributed by atoms with Gasteiger partial charge in [-0.2, -0.15) is 0 Å². The molecule has 0 N–H and O–H groups in total. The highest BCUT2D eigenvalue weighted by Gasteiger charge is 2.31. The van der Waals surface area contributed by atoms with Gasteiger partial charge in [0.1, 0.15) is 0 Å². The van der Waals surface area contributed by atoms with E-state index in [1.807, 2.05) is 65.6 Å². The molecule has 1 aliphatic heterocycles. The first-order valence-corrected chi connectivity index (χ1v) is 9.51. The van der Waals surface area contributed by atoms with Crippen LogP contribution in [0.5, 0.6) is 0 Å². The summed E-state index contributed by atoms with van der Waals surface area (Å²) >= 11 is 0. The second-order valence-corrected chi connectivity index (χ2v) is 6.71. The van der Waals surface area contributed by atoms with Gasteiger partial charge in [0.05, 0.1) is 13.2 Å². The molecule has 1 heterocycles. The summed E-state index contributed by atoms with van der Waals surface area (Å²) in [5.41, 5.74) is 2.00. The third-order valence-electron chi connectivity index (χ3n) is 4.89. The van der Waals surface area contributed by atoms with Crippen LogP contribution in [0.1, 0.15) is 25.3 Å². The van der Waals surface area contributed by atoms with Gasteiger partial charge in [-0.15, -0.1) is 0 Å². The zero-order valence-electron chi connectivity index (χ0n) is 15.7. The first-order valence-electron chi connectivity index (χ1n) is 9.51. The number of likely N-dealkylation sites (tertiary alicyclic amines) is 1. The van der Waals surface area contributed by atoms with Crippen LogP contribution < -0.4 is 4.90 Å². The van der Waals surface area contributed by atoms with Crippen LogP contribution in [0.2, 0.25) is 0 Å². The van der Waals surface area contributed by atoms with Crippen LogP contribution in [0.15, 0.2) is 60.7 Å². The first-order chi connectivity index (χ1) is 13.2. The number of rotatable bonds is 5. The van der Waals surface area contributed by atoms with Crippen LogP contribution >= 0.6 is 0 Å². The molecule has 27 heavy (non-hydrogen) atoms. The van der Waals surface area contributed by atoms with Gasteiger partial charge in [-0.25, -0.2) is 4.79 Å². The van der Waals surface area contributed by atoms with Crippen molar-refractivity contribution < 1.29 is 14.3 Å². The van der Waals surface area contributed by atoms with Crippen molar-refractivity contribution in [2.45, 2.75) is 26.3 Å². The van der Waals surface area contributed by atoms with E-state index in [1.165, 1.54) is 0 Å². The zero-order chi connectivity index (χ0) is 19.1. The van der Waals surface area contributed by atoms with E-state index < -0.39 is 0 Å². The maximum atomic E-state index is 13.3. The molecular formula is C22H26N2O3. The molecule has 3 rings (SSSR count). The summed E-state index contributed by atoms with van der Waals surface area (Å²) in [7, 11) is 0. The highest BCUT2D eigenvalue weighted by atomic mass is 16.6. The smallest absolute Gasteiger partial charge is 0.409 e. The third-order valence-corrected chi connectivity index (χ3v) is 4.89. The molecule has 0 aromatic heterocycles. The van der Waals surface area contributed by atoms with Crippen molar-refractivity contribution in [1.29, 1.82) is 0 Å². The number of piperidine rings is 1. The monoisotopic (exact) mass is 366 g/mol. The van der Waals surface area contributed by atoms with Gasteiger partial charge in [0.25, 0.3) is 0 Å². The number of benzene rings is 2. The van der Waals surface area contributed by atoms with Gasteiger partial charge >= 0.3 is 6.09 Å². The van der Waals surface area contributed by atoms with Crippen molar-refractivity contribution in [2.24, 2.45) is 5.92 Å². The summed E-state index contributed by atoms with van der Waals surface area (Å²) in [5, 5.41) is 0. The van der Waals surface area contributed by atoms with Crippen molar-refractivity contribution in [3.05, 3.63) is 66.2 Å². The van der Waals surface area contributed by atoms with E-state index in [0.717, 1.165) is 11.3 Å². The van der Waals surface area contributed by atoms with E-state index in [9.17, 15) is 9.59 Å². The van der Waals surface area contributed by atoms with Crippen LogP contribution in [-0.2, 0) is 16.1 Å². The standard InChI is InChI=1S/C22H26N2O3/c1-2-27-22(26)23-15-13-19(14-16-23)21(25)24(20-11-7-4-8-12-20)17-18-9-5-3-6-10-18/h3-12,19H,2,13-17H2,1H3. The molecular weight excluding hydrogens is 340 g/mol. The van der Waals surface area contributed by atoms with Gasteiger partial charge in [0.15, 0.2) is 0 Å². The summed E-state index contributed by atoms with van der Waals surface area (Å²) in [6.45, 7) is 3.83. The Hall–Kier alpha value is -2.82. The van der Waals surface area contributed by atoms with Gasteiger partial charge in [-0.3, -0.25) is 4.79 Å². The lowest BCUT2D eigenvalue weighted by molar-refractivity contribution is -0.123. The van der Waals surface area contributed by atoms with Crippen LogP contribution in [0, 0.1) is 5.92 Å². The highest BCUT2D eigenvalue weighted by molar-refractivity contribution is 5.95. The summed E-state index contributed by atoms with van der Waals surface area (Å²) in [6.07, 6.45) is 1.04. The fraction of sp³-hybridized carbons (Fsp3) is 0.364. The van der Waals surface area contributed by atoms with E-state index in [1.54, 1.807) is 11.8 Å². The summed E-state index contributed by atoms with van der Waals surface area (Å²) in [6, 6.07) is 19.8. The number of carbonyl (C=O) groups is 2. The molecule has 0 bridgehead atoms. The lowest BCUT2D eigenvalue weighted by atomic mass is 9.95. The summed E-state index contributed by atoms with van der Waals surface area (Å²) in [5.74, 6) is 0.0353. The predicted octanol–water partition coefficient (Wildman–Crippen LogP) is 4.09. The SMILES string of the molecule is CCOC(=O)N1CCC(C(=O)N(Cc2ccccc2)c2ccccc2)CC1. The van der Waals surface area contributed by atoms with Crippen molar-refractivity contribution in [3.8, 4) is 0 Å². The number of anilines is 1. The van der Waals surface area contributed by atoms with Crippen LogP contribution in [0.3, 0.4) is 0 Å². The van der Waals surface area contributed by atoms with E-state index >= 15 is 0 Å². The number of para-hydroxylation sites is 1. The average Bonchev–Trinajstić information content (AvgIpc) is 2.73. The molecule has 2 aromatic rings. The molecule has 0 atom stereocenters. The molecule has 1 saturated heterocycles. The third kappa shape index (κ3) is 4.88. The molecule has 5 nitrogen and oxygen atoms in total. The van der Waals surface area contributed by atoms with Crippen molar-refractivity contribution in [3.63, 3.8) is 0 Å². The Morgan fingerprint density at radius 3 is 2.19 bits per heavy atom. The van der Waals surface area contributed by atoms with Gasteiger partial charge in [-0.05, 0) is 37.5 Å². The Morgan fingerprint density at radius 1 is 1.00 bits per heavy atom. The topological polar surface area (TPSA) is 49.9 Å². The predicted molar refractivity (Wildman–Crippen MR) is 105 cm³/mol. The molecule has 5 heteroatoms. The van der Waals surface area contributed by atoms with Crippen molar-refractivity contribution >= 4 is 17.7 Å². The number of ether oxygens (including phenoxy) is 1. The van der Waals surface area contributed by atoms with E-state index in [4.69, 9.17) is 4.74 Å².